The fraction of sp³-hybridized carbons (Fsp3) is 0.0714. The molecule has 1 nitrogen and oxygen atoms in total. The molecule has 0 atom stereocenters. The van der Waals surface area contributed by atoms with Gasteiger partial charge in [-0.3, -0.25) is 4.99 Å². The third-order valence-electron chi connectivity index (χ3n) is 2.32. The Morgan fingerprint density at radius 3 is 2.24 bits per heavy atom. The number of alkyl halides is 1. The van der Waals surface area contributed by atoms with Crippen molar-refractivity contribution in [3.63, 3.8) is 0 Å². The van der Waals surface area contributed by atoms with E-state index >= 15 is 0 Å². The molecule has 0 fully saturated rings. The van der Waals surface area contributed by atoms with E-state index in [1.807, 2.05) is 18.3 Å². The highest BCUT2D eigenvalue weighted by molar-refractivity contribution is 14.1. The molecule has 0 aliphatic heterocycles. The molecule has 0 spiro atoms. The van der Waals surface area contributed by atoms with Crippen LogP contribution in [-0.4, -0.2) is 6.21 Å². The van der Waals surface area contributed by atoms with Crippen molar-refractivity contribution >= 4 is 50.4 Å². The Balaban J connectivity index is 2.11. The molecule has 0 N–H and O–H groups in total. The second-order valence-corrected chi connectivity index (χ2v) is 5.42. The molecule has 2 rings (SSSR count). The van der Waals surface area contributed by atoms with Crippen molar-refractivity contribution in [2.75, 3.05) is 0 Å². The molecular formula is C14H11BrIN. The minimum absolute atomic E-state index is 0.890. The van der Waals surface area contributed by atoms with Crippen LogP contribution in [0.5, 0.6) is 0 Å². The van der Waals surface area contributed by atoms with Crippen LogP contribution in [0, 0.1) is 3.57 Å². The van der Waals surface area contributed by atoms with Gasteiger partial charge >= 0.3 is 0 Å². The highest BCUT2D eigenvalue weighted by Gasteiger charge is 1.91. The first kappa shape index (κ1) is 12.8. The predicted molar refractivity (Wildman–Crippen MR) is 85.5 cm³/mol. The quantitative estimate of drug-likeness (QED) is 0.394. The zero-order chi connectivity index (χ0) is 12.1. The smallest absolute Gasteiger partial charge is 0.0630 e. The first-order valence-electron chi connectivity index (χ1n) is 5.22. The predicted octanol–water partition coefficient (Wildman–Crippen LogP) is 4.94. The summed E-state index contributed by atoms with van der Waals surface area (Å²) in [5.74, 6) is 0. The SMILES string of the molecule is BrCc1ccc(C=Nc2ccc(I)cc2)cc1. The summed E-state index contributed by atoms with van der Waals surface area (Å²) in [7, 11) is 0. The van der Waals surface area contributed by atoms with Crippen LogP contribution in [0.15, 0.2) is 53.5 Å². The number of benzene rings is 2. The molecule has 3 heteroatoms. The topological polar surface area (TPSA) is 12.4 Å². The molecule has 0 aromatic heterocycles. The minimum Gasteiger partial charge on any atom is -0.256 e. The van der Waals surface area contributed by atoms with Gasteiger partial charge in [0.1, 0.15) is 0 Å². The largest absolute Gasteiger partial charge is 0.256 e. The van der Waals surface area contributed by atoms with Crippen LogP contribution in [0.1, 0.15) is 11.1 Å². The van der Waals surface area contributed by atoms with Crippen LogP contribution < -0.4 is 0 Å². The third kappa shape index (κ3) is 3.92. The summed E-state index contributed by atoms with van der Waals surface area (Å²) < 4.78 is 1.23. The molecule has 86 valence electrons. The normalized spacial score (nSPS) is 10.9. The Labute approximate surface area is 123 Å². The lowest BCUT2D eigenvalue weighted by Crippen LogP contribution is -1.82. The molecule has 17 heavy (non-hydrogen) atoms. The Morgan fingerprint density at radius 1 is 1.00 bits per heavy atom. The molecule has 2 aromatic rings. The van der Waals surface area contributed by atoms with Gasteiger partial charge in [0, 0.05) is 15.1 Å². The van der Waals surface area contributed by atoms with Crippen molar-refractivity contribution in [2.24, 2.45) is 4.99 Å². The van der Waals surface area contributed by atoms with Gasteiger partial charge in [0.15, 0.2) is 0 Å². The average molecular weight is 400 g/mol. The second kappa shape index (κ2) is 6.31. The first-order chi connectivity index (χ1) is 8.28. The number of nitrogens with zero attached hydrogens (tertiary/aromatic N) is 1. The average Bonchev–Trinajstić information content (AvgIpc) is 2.39. The molecule has 0 radical (unpaired) electrons. The molecule has 0 heterocycles. The summed E-state index contributed by atoms with van der Waals surface area (Å²) in [6.07, 6.45) is 1.89. The van der Waals surface area contributed by atoms with E-state index in [0.717, 1.165) is 16.6 Å². The molecule has 0 unspecified atom stereocenters. The fourth-order valence-electron chi connectivity index (χ4n) is 1.37. The molecular weight excluding hydrogens is 389 g/mol. The van der Waals surface area contributed by atoms with E-state index in [4.69, 9.17) is 0 Å². The van der Waals surface area contributed by atoms with Gasteiger partial charge in [-0.1, -0.05) is 40.2 Å². The van der Waals surface area contributed by atoms with Gasteiger partial charge < -0.3 is 0 Å². The van der Waals surface area contributed by atoms with Crippen molar-refractivity contribution in [3.05, 3.63) is 63.2 Å². The van der Waals surface area contributed by atoms with Crippen LogP contribution in [0.25, 0.3) is 0 Å². The summed E-state index contributed by atoms with van der Waals surface area (Å²) in [6.45, 7) is 0. The van der Waals surface area contributed by atoms with Crippen LogP contribution >= 0.6 is 38.5 Å². The van der Waals surface area contributed by atoms with E-state index < -0.39 is 0 Å². The molecule has 0 bridgehead atoms. The van der Waals surface area contributed by atoms with Gasteiger partial charge in [0.05, 0.1) is 5.69 Å². The van der Waals surface area contributed by atoms with Gasteiger partial charge in [0.25, 0.3) is 0 Å². The number of hydrogen-bond donors (Lipinski definition) is 0. The lowest BCUT2D eigenvalue weighted by atomic mass is 10.2. The van der Waals surface area contributed by atoms with Crippen molar-refractivity contribution in [3.8, 4) is 0 Å². The highest BCUT2D eigenvalue weighted by atomic mass is 127. The van der Waals surface area contributed by atoms with Crippen LogP contribution in [-0.2, 0) is 5.33 Å². The summed E-state index contributed by atoms with van der Waals surface area (Å²) in [4.78, 5) is 4.43. The number of hydrogen-bond acceptors (Lipinski definition) is 1. The number of halogens is 2. The van der Waals surface area contributed by atoms with Gasteiger partial charge in [0.2, 0.25) is 0 Å². The summed E-state index contributed by atoms with van der Waals surface area (Å²) in [5, 5.41) is 0.890. The fourth-order valence-corrected chi connectivity index (χ4v) is 2.10. The molecule has 0 aliphatic carbocycles. The minimum atomic E-state index is 0.890. The van der Waals surface area contributed by atoms with Crippen LogP contribution in [0.3, 0.4) is 0 Å². The molecule has 2 aromatic carbocycles. The van der Waals surface area contributed by atoms with Crippen molar-refractivity contribution < 1.29 is 0 Å². The van der Waals surface area contributed by atoms with Gasteiger partial charge in [-0.25, -0.2) is 0 Å². The Kier molecular flexibility index (Phi) is 4.74. The maximum Gasteiger partial charge on any atom is 0.0630 e. The molecule has 0 saturated carbocycles. The molecule has 0 amide bonds. The number of aliphatic imine (C=N–C) groups is 1. The monoisotopic (exact) mass is 399 g/mol. The Hall–Kier alpha value is -0.680. The van der Waals surface area contributed by atoms with Crippen molar-refractivity contribution in [2.45, 2.75) is 5.33 Å². The zero-order valence-electron chi connectivity index (χ0n) is 9.11. The number of rotatable bonds is 3. The zero-order valence-corrected chi connectivity index (χ0v) is 12.8. The Morgan fingerprint density at radius 2 is 1.65 bits per heavy atom. The van der Waals surface area contributed by atoms with Gasteiger partial charge in [-0.15, -0.1) is 0 Å². The van der Waals surface area contributed by atoms with Gasteiger partial charge in [-0.2, -0.15) is 0 Å². The van der Waals surface area contributed by atoms with Crippen LogP contribution in [0.2, 0.25) is 0 Å². The maximum absolute atomic E-state index is 4.43. The maximum atomic E-state index is 4.43. The van der Waals surface area contributed by atoms with E-state index in [1.54, 1.807) is 0 Å². The van der Waals surface area contributed by atoms with E-state index in [0.29, 0.717) is 0 Å². The summed E-state index contributed by atoms with van der Waals surface area (Å²) in [6, 6.07) is 16.5. The van der Waals surface area contributed by atoms with Gasteiger partial charge in [-0.05, 0) is 58.0 Å². The van der Waals surface area contributed by atoms with E-state index in [2.05, 4.69) is 79.9 Å². The standard InChI is InChI=1S/C14H11BrIN/c15-9-11-1-3-12(4-2-11)10-17-14-7-5-13(16)6-8-14/h1-8,10H,9H2. The summed E-state index contributed by atoms with van der Waals surface area (Å²) >= 11 is 5.72. The Bertz CT molecular complexity index is 503. The second-order valence-electron chi connectivity index (χ2n) is 3.61. The highest BCUT2D eigenvalue weighted by Crippen LogP contribution is 2.14. The van der Waals surface area contributed by atoms with E-state index in [-0.39, 0.29) is 0 Å². The van der Waals surface area contributed by atoms with Crippen LogP contribution in [0.4, 0.5) is 5.69 Å². The molecule has 0 aliphatic rings. The third-order valence-corrected chi connectivity index (χ3v) is 3.69. The van der Waals surface area contributed by atoms with Crippen molar-refractivity contribution in [1.29, 1.82) is 0 Å². The lowest BCUT2D eigenvalue weighted by Gasteiger charge is -1.97. The van der Waals surface area contributed by atoms with Crippen molar-refractivity contribution in [1.82, 2.24) is 0 Å². The lowest BCUT2D eigenvalue weighted by molar-refractivity contribution is 1.43. The molecule has 0 saturated heterocycles. The van der Waals surface area contributed by atoms with E-state index in [9.17, 15) is 0 Å². The van der Waals surface area contributed by atoms with E-state index in [1.165, 1.54) is 9.13 Å². The first-order valence-corrected chi connectivity index (χ1v) is 7.42. The summed E-state index contributed by atoms with van der Waals surface area (Å²) in [5.41, 5.74) is 3.37.